The summed E-state index contributed by atoms with van der Waals surface area (Å²) in [5.41, 5.74) is 7.82. The molecule has 2 rings (SSSR count). The summed E-state index contributed by atoms with van der Waals surface area (Å²) in [6, 6.07) is 8.47. The van der Waals surface area contributed by atoms with Gasteiger partial charge < -0.3 is 11.1 Å². The lowest BCUT2D eigenvalue weighted by Gasteiger charge is -2.07. The fraction of sp³-hybridized carbons (Fsp3) is 0.231. The number of hydrogen-bond donors (Lipinski definition) is 2. The van der Waals surface area contributed by atoms with Gasteiger partial charge in [-0.15, -0.1) is 11.3 Å². The van der Waals surface area contributed by atoms with Crippen molar-refractivity contribution in [1.29, 1.82) is 0 Å². The molecule has 2 nitrogen and oxygen atoms in total. The standard InChI is InChI=1S/C13H16N2S/c1-10(15-7-6-14)8-11-9-16-13-5-3-2-4-12(11)13/h2-5,9,15H,1,6-8,14H2. The molecule has 84 valence electrons. The topological polar surface area (TPSA) is 38.0 Å². The van der Waals surface area contributed by atoms with Gasteiger partial charge >= 0.3 is 0 Å². The third kappa shape index (κ3) is 2.43. The van der Waals surface area contributed by atoms with Crippen LogP contribution in [0.3, 0.4) is 0 Å². The predicted molar refractivity (Wildman–Crippen MR) is 71.7 cm³/mol. The van der Waals surface area contributed by atoms with Crippen molar-refractivity contribution in [3.05, 3.63) is 47.5 Å². The minimum atomic E-state index is 0.642. The molecule has 0 saturated heterocycles. The Morgan fingerprint density at radius 1 is 1.38 bits per heavy atom. The first-order valence-electron chi connectivity index (χ1n) is 5.38. The van der Waals surface area contributed by atoms with Crippen LogP contribution in [-0.2, 0) is 6.42 Å². The Morgan fingerprint density at radius 2 is 2.19 bits per heavy atom. The quantitative estimate of drug-likeness (QED) is 0.831. The van der Waals surface area contributed by atoms with Crippen molar-refractivity contribution in [3.63, 3.8) is 0 Å². The first kappa shape index (κ1) is 11.2. The first-order chi connectivity index (χ1) is 7.81. The summed E-state index contributed by atoms with van der Waals surface area (Å²) in [4.78, 5) is 0. The molecule has 1 aromatic heterocycles. The Labute approximate surface area is 99.8 Å². The van der Waals surface area contributed by atoms with Crippen LogP contribution in [0, 0.1) is 0 Å². The van der Waals surface area contributed by atoms with Crippen molar-refractivity contribution >= 4 is 21.4 Å². The van der Waals surface area contributed by atoms with E-state index in [0.29, 0.717) is 6.54 Å². The van der Waals surface area contributed by atoms with Crippen LogP contribution < -0.4 is 11.1 Å². The molecule has 1 aromatic carbocycles. The van der Waals surface area contributed by atoms with Gasteiger partial charge in [-0.1, -0.05) is 24.8 Å². The van der Waals surface area contributed by atoms with Gasteiger partial charge in [0.2, 0.25) is 0 Å². The Kier molecular flexibility index (Phi) is 3.59. The molecule has 0 saturated carbocycles. The second-order valence-corrected chi connectivity index (χ2v) is 4.66. The zero-order valence-corrected chi connectivity index (χ0v) is 10.0. The van der Waals surface area contributed by atoms with E-state index >= 15 is 0 Å². The van der Waals surface area contributed by atoms with E-state index in [4.69, 9.17) is 5.73 Å². The molecule has 0 spiro atoms. The Balaban J connectivity index is 2.12. The van der Waals surface area contributed by atoms with Gasteiger partial charge in [0.25, 0.3) is 0 Å². The molecule has 0 aliphatic carbocycles. The first-order valence-corrected chi connectivity index (χ1v) is 6.26. The Hall–Kier alpha value is -1.32. The van der Waals surface area contributed by atoms with Crippen molar-refractivity contribution in [2.45, 2.75) is 6.42 Å². The van der Waals surface area contributed by atoms with Crippen LogP contribution in [0.1, 0.15) is 5.56 Å². The highest BCUT2D eigenvalue weighted by atomic mass is 32.1. The maximum absolute atomic E-state index is 5.44. The van der Waals surface area contributed by atoms with Crippen LogP contribution in [0.25, 0.3) is 10.1 Å². The van der Waals surface area contributed by atoms with Crippen LogP contribution in [0.2, 0.25) is 0 Å². The number of hydrogen-bond acceptors (Lipinski definition) is 3. The molecule has 2 aromatic rings. The monoisotopic (exact) mass is 232 g/mol. The predicted octanol–water partition coefficient (Wildman–Crippen LogP) is 2.51. The fourth-order valence-corrected chi connectivity index (χ4v) is 2.67. The number of thiophene rings is 1. The summed E-state index contributed by atoms with van der Waals surface area (Å²) < 4.78 is 1.34. The zero-order chi connectivity index (χ0) is 11.4. The van der Waals surface area contributed by atoms with Gasteiger partial charge in [-0.25, -0.2) is 0 Å². The SMILES string of the molecule is C=C(Cc1csc2ccccc12)NCCN. The lowest BCUT2D eigenvalue weighted by atomic mass is 10.1. The minimum Gasteiger partial charge on any atom is -0.387 e. The lowest BCUT2D eigenvalue weighted by Crippen LogP contribution is -2.22. The summed E-state index contributed by atoms with van der Waals surface area (Å²) in [6.45, 7) is 5.45. The van der Waals surface area contributed by atoms with Gasteiger partial charge in [0.1, 0.15) is 0 Å². The van der Waals surface area contributed by atoms with Crippen molar-refractivity contribution < 1.29 is 0 Å². The summed E-state index contributed by atoms with van der Waals surface area (Å²) in [6.07, 6.45) is 0.879. The number of nitrogens with two attached hydrogens (primary N) is 1. The molecule has 0 aliphatic heterocycles. The Morgan fingerprint density at radius 3 is 3.00 bits per heavy atom. The second kappa shape index (κ2) is 5.14. The molecule has 0 radical (unpaired) electrons. The average Bonchev–Trinajstić information content (AvgIpc) is 2.70. The number of nitrogens with one attached hydrogen (secondary N) is 1. The van der Waals surface area contributed by atoms with E-state index in [9.17, 15) is 0 Å². The maximum Gasteiger partial charge on any atom is 0.0345 e. The van der Waals surface area contributed by atoms with Gasteiger partial charge in [-0.05, 0) is 22.4 Å². The molecule has 0 aliphatic rings. The summed E-state index contributed by atoms with van der Waals surface area (Å²) >= 11 is 1.79. The van der Waals surface area contributed by atoms with Gasteiger partial charge in [-0.2, -0.15) is 0 Å². The van der Waals surface area contributed by atoms with Crippen molar-refractivity contribution in [2.24, 2.45) is 5.73 Å². The smallest absolute Gasteiger partial charge is 0.0345 e. The molecule has 3 N–H and O–H groups in total. The maximum atomic E-state index is 5.44. The normalized spacial score (nSPS) is 10.6. The molecule has 0 unspecified atom stereocenters. The molecule has 0 fully saturated rings. The van der Waals surface area contributed by atoms with Gasteiger partial charge in [0.15, 0.2) is 0 Å². The van der Waals surface area contributed by atoms with E-state index in [0.717, 1.165) is 18.7 Å². The molecule has 0 bridgehead atoms. The van der Waals surface area contributed by atoms with Crippen molar-refractivity contribution in [2.75, 3.05) is 13.1 Å². The number of benzene rings is 1. The summed E-state index contributed by atoms with van der Waals surface area (Å²) in [5.74, 6) is 0. The average molecular weight is 232 g/mol. The highest BCUT2D eigenvalue weighted by Crippen LogP contribution is 2.26. The van der Waals surface area contributed by atoms with Crippen molar-refractivity contribution in [1.82, 2.24) is 5.32 Å². The van der Waals surface area contributed by atoms with Crippen LogP contribution in [-0.4, -0.2) is 13.1 Å². The van der Waals surface area contributed by atoms with E-state index in [1.165, 1.54) is 15.6 Å². The van der Waals surface area contributed by atoms with Gasteiger partial charge in [-0.3, -0.25) is 0 Å². The molecular weight excluding hydrogens is 216 g/mol. The second-order valence-electron chi connectivity index (χ2n) is 3.75. The van der Waals surface area contributed by atoms with E-state index in [-0.39, 0.29) is 0 Å². The molecular formula is C13H16N2S. The molecule has 1 heterocycles. The zero-order valence-electron chi connectivity index (χ0n) is 9.20. The van der Waals surface area contributed by atoms with Gasteiger partial charge in [0, 0.05) is 29.9 Å². The van der Waals surface area contributed by atoms with Crippen LogP contribution in [0.15, 0.2) is 41.9 Å². The van der Waals surface area contributed by atoms with Crippen LogP contribution in [0.4, 0.5) is 0 Å². The Bertz CT molecular complexity index is 487. The molecule has 0 amide bonds. The van der Waals surface area contributed by atoms with Crippen molar-refractivity contribution in [3.8, 4) is 0 Å². The summed E-state index contributed by atoms with van der Waals surface area (Å²) in [5, 5.41) is 6.77. The molecule has 0 atom stereocenters. The lowest BCUT2D eigenvalue weighted by molar-refractivity contribution is 0.778. The molecule has 16 heavy (non-hydrogen) atoms. The van der Waals surface area contributed by atoms with E-state index < -0.39 is 0 Å². The van der Waals surface area contributed by atoms with E-state index in [1.807, 2.05) is 0 Å². The highest BCUT2D eigenvalue weighted by molar-refractivity contribution is 7.17. The van der Waals surface area contributed by atoms with Crippen LogP contribution >= 0.6 is 11.3 Å². The van der Waals surface area contributed by atoms with Gasteiger partial charge in [0.05, 0.1) is 0 Å². The largest absolute Gasteiger partial charge is 0.387 e. The third-order valence-corrected chi connectivity index (χ3v) is 3.50. The van der Waals surface area contributed by atoms with E-state index in [2.05, 4.69) is 41.5 Å². The number of fused-ring (bicyclic) bond motifs is 1. The third-order valence-electron chi connectivity index (χ3n) is 2.48. The molecule has 3 heteroatoms. The fourth-order valence-electron chi connectivity index (χ4n) is 1.71. The number of allylic oxidation sites excluding steroid dienone is 1. The van der Waals surface area contributed by atoms with Crippen LogP contribution in [0.5, 0.6) is 0 Å². The summed E-state index contributed by atoms with van der Waals surface area (Å²) in [7, 11) is 0. The van der Waals surface area contributed by atoms with E-state index in [1.54, 1.807) is 11.3 Å². The highest BCUT2D eigenvalue weighted by Gasteiger charge is 2.04. The minimum absolute atomic E-state index is 0.642. The number of rotatable bonds is 5.